The summed E-state index contributed by atoms with van der Waals surface area (Å²) in [6.07, 6.45) is 0.865. The topological polar surface area (TPSA) is 87.5 Å². The molecule has 1 aliphatic heterocycles. The second kappa shape index (κ2) is 9.54. The van der Waals surface area contributed by atoms with Gasteiger partial charge in [-0.1, -0.05) is 51.1 Å². The van der Waals surface area contributed by atoms with E-state index in [1.807, 2.05) is 45.0 Å². The zero-order valence-electron chi connectivity index (χ0n) is 19.8. The summed E-state index contributed by atoms with van der Waals surface area (Å²) in [6.45, 7) is 6.93. The first-order valence-corrected chi connectivity index (χ1v) is 11.6. The van der Waals surface area contributed by atoms with Crippen LogP contribution in [0.2, 0.25) is 0 Å². The number of amides is 2. The minimum atomic E-state index is -0.772. The highest BCUT2D eigenvalue weighted by atomic mass is 19.1. The second-order valence-corrected chi connectivity index (χ2v) is 10.0. The first kappa shape index (κ1) is 23.9. The van der Waals surface area contributed by atoms with Crippen molar-refractivity contribution in [2.75, 3.05) is 13.1 Å². The van der Waals surface area contributed by atoms with Gasteiger partial charge in [-0.2, -0.15) is 5.10 Å². The van der Waals surface area contributed by atoms with E-state index in [-0.39, 0.29) is 24.0 Å². The lowest BCUT2D eigenvalue weighted by Crippen LogP contribution is -2.57. The Morgan fingerprint density at radius 2 is 1.88 bits per heavy atom. The van der Waals surface area contributed by atoms with E-state index in [0.29, 0.717) is 24.9 Å². The van der Waals surface area contributed by atoms with Gasteiger partial charge in [-0.15, -0.1) is 0 Å². The Morgan fingerprint density at radius 1 is 1.18 bits per heavy atom. The zero-order valence-corrected chi connectivity index (χ0v) is 19.8. The van der Waals surface area contributed by atoms with Crippen LogP contribution in [-0.4, -0.2) is 56.8 Å². The van der Waals surface area contributed by atoms with Crippen LogP contribution in [-0.2, 0) is 11.3 Å². The molecule has 2 aromatic carbocycles. The zero-order chi connectivity index (χ0) is 24.5. The molecule has 180 valence electrons. The minimum Gasteiger partial charge on any atom is -0.391 e. The van der Waals surface area contributed by atoms with Crippen LogP contribution >= 0.6 is 0 Å². The molecule has 7 nitrogen and oxygen atoms in total. The van der Waals surface area contributed by atoms with Crippen molar-refractivity contribution in [3.8, 4) is 0 Å². The number of rotatable bonds is 5. The maximum Gasteiger partial charge on any atom is 0.273 e. The number of piperidine rings is 1. The van der Waals surface area contributed by atoms with E-state index in [4.69, 9.17) is 0 Å². The molecule has 1 fully saturated rings. The van der Waals surface area contributed by atoms with Crippen molar-refractivity contribution in [2.24, 2.45) is 5.41 Å². The van der Waals surface area contributed by atoms with Gasteiger partial charge in [0.25, 0.3) is 5.91 Å². The summed E-state index contributed by atoms with van der Waals surface area (Å²) in [5, 5.41) is 18.2. The highest BCUT2D eigenvalue weighted by Crippen LogP contribution is 2.25. The van der Waals surface area contributed by atoms with Crippen molar-refractivity contribution < 1.29 is 19.1 Å². The first-order chi connectivity index (χ1) is 16.1. The van der Waals surface area contributed by atoms with Gasteiger partial charge < -0.3 is 15.3 Å². The molecule has 0 saturated carbocycles. The van der Waals surface area contributed by atoms with E-state index in [9.17, 15) is 19.1 Å². The molecule has 2 atom stereocenters. The molecule has 1 saturated heterocycles. The number of hydrogen-bond acceptors (Lipinski definition) is 4. The van der Waals surface area contributed by atoms with Gasteiger partial charge in [0.2, 0.25) is 5.91 Å². The maximum atomic E-state index is 13.4. The van der Waals surface area contributed by atoms with E-state index >= 15 is 0 Å². The number of carbonyl (C=O) groups excluding carboxylic acids is 2. The largest absolute Gasteiger partial charge is 0.391 e. The Bertz CT molecular complexity index is 1180. The molecule has 0 spiro atoms. The number of β-amino-alcohol motifs (C(OH)–C–C–N with tert-alkyl or cyclic N) is 1. The van der Waals surface area contributed by atoms with Crippen LogP contribution in [0.3, 0.4) is 0 Å². The normalized spacial score (nSPS) is 17.6. The van der Waals surface area contributed by atoms with Gasteiger partial charge in [-0.3, -0.25) is 14.3 Å². The predicted molar refractivity (Wildman–Crippen MR) is 128 cm³/mol. The molecular formula is C26H31FN4O3. The second-order valence-electron chi connectivity index (χ2n) is 10.0. The lowest BCUT2D eigenvalue weighted by atomic mass is 9.85. The van der Waals surface area contributed by atoms with E-state index in [1.165, 1.54) is 12.1 Å². The third-order valence-corrected chi connectivity index (χ3v) is 6.22. The van der Waals surface area contributed by atoms with Crippen molar-refractivity contribution in [2.45, 2.75) is 52.3 Å². The third kappa shape index (κ3) is 5.12. The van der Waals surface area contributed by atoms with Crippen molar-refractivity contribution in [3.05, 3.63) is 65.6 Å². The number of likely N-dealkylation sites (tertiary alicyclic amines) is 1. The van der Waals surface area contributed by atoms with Crippen LogP contribution in [0.5, 0.6) is 0 Å². The van der Waals surface area contributed by atoms with Gasteiger partial charge in [-0.05, 0) is 42.0 Å². The molecule has 2 N–H and O–H groups in total. The molecule has 0 bridgehead atoms. The number of halogens is 1. The van der Waals surface area contributed by atoms with Crippen LogP contribution in [0, 0.1) is 11.2 Å². The number of carbonyl (C=O) groups is 2. The molecule has 1 unspecified atom stereocenters. The number of nitrogens with one attached hydrogen (secondary N) is 1. The van der Waals surface area contributed by atoms with Crippen LogP contribution in [0.25, 0.3) is 10.9 Å². The number of nitrogens with zero attached hydrogens (tertiary/aromatic N) is 3. The first-order valence-electron chi connectivity index (χ1n) is 11.6. The average molecular weight is 467 g/mol. The fraction of sp³-hybridized carbons (Fsp3) is 0.423. The lowest BCUT2D eigenvalue weighted by Gasteiger charge is -2.37. The van der Waals surface area contributed by atoms with Crippen molar-refractivity contribution in [1.82, 2.24) is 20.0 Å². The standard InChI is InChI=1S/C26H31FN4O3/c1-26(2,3)23(25(34)30-14-6-7-19(32)16-30)28-24(33)22-20-8-4-5-9-21(20)31(29-22)15-17-10-12-18(27)13-11-17/h4-5,8-13,19,23,32H,6-7,14-16H2,1-3H3,(H,28,33)/t19?,23-/m1/s1. The Hall–Kier alpha value is -3.26. The fourth-order valence-corrected chi connectivity index (χ4v) is 4.36. The maximum absolute atomic E-state index is 13.4. The molecule has 1 aromatic heterocycles. The van der Waals surface area contributed by atoms with Crippen LogP contribution < -0.4 is 5.32 Å². The SMILES string of the molecule is CC(C)(C)[C@H](NC(=O)c1nn(Cc2ccc(F)cc2)c2ccccc12)C(=O)N1CCCC(O)C1. The quantitative estimate of drug-likeness (QED) is 0.604. The van der Waals surface area contributed by atoms with Gasteiger partial charge >= 0.3 is 0 Å². The summed E-state index contributed by atoms with van der Waals surface area (Å²) in [7, 11) is 0. The molecule has 4 rings (SSSR count). The summed E-state index contributed by atoms with van der Waals surface area (Å²) in [5.74, 6) is -0.942. The van der Waals surface area contributed by atoms with E-state index in [0.717, 1.165) is 17.5 Å². The van der Waals surface area contributed by atoms with Crippen molar-refractivity contribution in [1.29, 1.82) is 0 Å². The van der Waals surface area contributed by atoms with Crippen molar-refractivity contribution in [3.63, 3.8) is 0 Å². The van der Waals surface area contributed by atoms with E-state index in [1.54, 1.807) is 21.7 Å². The Labute approximate surface area is 198 Å². The Morgan fingerprint density at radius 3 is 2.56 bits per heavy atom. The number of aromatic nitrogens is 2. The smallest absolute Gasteiger partial charge is 0.273 e. The number of fused-ring (bicyclic) bond motifs is 1. The van der Waals surface area contributed by atoms with Crippen LogP contribution in [0.15, 0.2) is 48.5 Å². The third-order valence-electron chi connectivity index (χ3n) is 6.22. The monoisotopic (exact) mass is 466 g/mol. The van der Waals surface area contributed by atoms with Crippen molar-refractivity contribution >= 4 is 22.7 Å². The Kier molecular flexibility index (Phi) is 6.70. The minimum absolute atomic E-state index is 0.199. The number of aliphatic hydroxyl groups is 1. The molecule has 2 heterocycles. The molecular weight excluding hydrogens is 435 g/mol. The van der Waals surface area contributed by atoms with Gasteiger partial charge in [-0.25, -0.2) is 4.39 Å². The number of hydrogen-bond donors (Lipinski definition) is 2. The molecule has 1 aliphatic rings. The molecule has 34 heavy (non-hydrogen) atoms. The number of para-hydroxylation sites is 1. The average Bonchev–Trinajstić information content (AvgIpc) is 3.16. The van der Waals surface area contributed by atoms with Gasteiger partial charge in [0, 0.05) is 18.5 Å². The summed E-state index contributed by atoms with van der Waals surface area (Å²) < 4.78 is 15.0. The number of benzene rings is 2. The number of aliphatic hydroxyl groups excluding tert-OH is 1. The van der Waals surface area contributed by atoms with E-state index in [2.05, 4.69) is 10.4 Å². The van der Waals surface area contributed by atoms with Crippen LogP contribution in [0.4, 0.5) is 4.39 Å². The molecule has 3 aromatic rings. The van der Waals surface area contributed by atoms with Gasteiger partial charge in [0.05, 0.1) is 18.2 Å². The molecule has 0 radical (unpaired) electrons. The molecule has 8 heteroatoms. The highest BCUT2D eigenvalue weighted by molar-refractivity contribution is 6.06. The summed E-state index contributed by atoms with van der Waals surface area (Å²) in [5.41, 5.74) is 1.32. The van der Waals surface area contributed by atoms with E-state index < -0.39 is 23.5 Å². The molecule has 2 amide bonds. The summed E-state index contributed by atoms with van der Waals surface area (Å²) in [6, 6.07) is 12.8. The van der Waals surface area contributed by atoms with Gasteiger partial charge in [0.15, 0.2) is 5.69 Å². The lowest BCUT2D eigenvalue weighted by molar-refractivity contribution is -0.138. The van der Waals surface area contributed by atoms with Gasteiger partial charge in [0.1, 0.15) is 11.9 Å². The predicted octanol–water partition coefficient (Wildman–Crippen LogP) is 3.35. The Balaban J connectivity index is 1.62. The van der Waals surface area contributed by atoms with Crippen LogP contribution in [0.1, 0.15) is 49.7 Å². The molecule has 0 aliphatic carbocycles. The fourth-order valence-electron chi connectivity index (χ4n) is 4.36. The highest BCUT2D eigenvalue weighted by Gasteiger charge is 2.37. The summed E-state index contributed by atoms with van der Waals surface area (Å²) >= 11 is 0. The summed E-state index contributed by atoms with van der Waals surface area (Å²) in [4.78, 5) is 28.4.